The van der Waals surface area contributed by atoms with Gasteiger partial charge in [0.15, 0.2) is 0 Å². The lowest BCUT2D eigenvalue weighted by molar-refractivity contribution is -0.117. The topological polar surface area (TPSA) is 133 Å². The monoisotopic (exact) mass is 472 g/mol. The van der Waals surface area contributed by atoms with Crippen molar-refractivity contribution in [2.24, 2.45) is 0 Å². The van der Waals surface area contributed by atoms with Gasteiger partial charge < -0.3 is 16.0 Å². The second-order valence-electron chi connectivity index (χ2n) is 8.07. The first-order chi connectivity index (χ1) is 15.6. The second kappa shape index (κ2) is 10.6. The van der Waals surface area contributed by atoms with Crippen molar-refractivity contribution in [2.45, 2.75) is 56.5 Å². The van der Waals surface area contributed by atoms with Gasteiger partial charge in [-0.2, -0.15) is 4.72 Å². The zero-order valence-electron chi connectivity index (χ0n) is 18.6. The van der Waals surface area contributed by atoms with Crippen molar-refractivity contribution in [1.82, 2.24) is 10.0 Å². The Balaban J connectivity index is 1.56. The van der Waals surface area contributed by atoms with E-state index in [2.05, 4.69) is 20.7 Å². The molecule has 9 nitrogen and oxygen atoms in total. The van der Waals surface area contributed by atoms with Gasteiger partial charge in [0.05, 0.1) is 10.9 Å². The predicted molar refractivity (Wildman–Crippen MR) is 125 cm³/mol. The van der Waals surface area contributed by atoms with E-state index in [1.165, 1.54) is 38.1 Å². The molecule has 1 saturated carbocycles. The van der Waals surface area contributed by atoms with Gasteiger partial charge in [0, 0.05) is 29.9 Å². The molecule has 10 heteroatoms. The molecule has 1 aliphatic carbocycles. The summed E-state index contributed by atoms with van der Waals surface area (Å²) in [4.78, 5) is 35.8. The third-order valence-electron chi connectivity index (χ3n) is 5.32. The molecule has 33 heavy (non-hydrogen) atoms. The van der Waals surface area contributed by atoms with E-state index in [0.717, 1.165) is 25.7 Å². The van der Waals surface area contributed by atoms with E-state index in [1.54, 1.807) is 24.3 Å². The fourth-order valence-electron chi connectivity index (χ4n) is 3.57. The number of carbonyl (C=O) groups is 3. The maximum atomic E-state index is 12.6. The number of nitrogens with one attached hydrogen (secondary N) is 4. The van der Waals surface area contributed by atoms with Crippen molar-refractivity contribution in [2.75, 3.05) is 10.6 Å². The van der Waals surface area contributed by atoms with Crippen LogP contribution in [0, 0.1) is 0 Å². The molecular formula is C23H28N4O5S. The molecule has 4 N–H and O–H groups in total. The lowest BCUT2D eigenvalue weighted by Gasteiger charge is -2.15. The molecule has 0 aliphatic heterocycles. The Hall–Kier alpha value is -3.24. The summed E-state index contributed by atoms with van der Waals surface area (Å²) in [6.07, 6.45) is 4.24. The molecule has 3 rings (SSSR count). The molecule has 0 spiro atoms. The standard InChI is InChI=1S/C23H28N4O5S/c1-15(27-33(31,32)21-13-11-19(12-14-21)24-16(2)28)22(29)25-20-9-7-17(8-10-20)23(30)26-18-5-3-4-6-18/h7-15,18,27H,3-6H2,1-2H3,(H,24,28)(H,25,29)(H,26,30)/t15-/m0/s1. The third-order valence-corrected chi connectivity index (χ3v) is 6.87. The first-order valence-electron chi connectivity index (χ1n) is 10.8. The number of benzene rings is 2. The molecule has 0 unspecified atom stereocenters. The highest BCUT2D eigenvalue weighted by Crippen LogP contribution is 2.19. The molecule has 0 bridgehead atoms. The highest BCUT2D eigenvalue weighted by Gasteiger charge is 2.22. The summed E-state index contributed by atoms with van der Waals surface area (Å²) >= 11 is 0. The van der Waals surface area contributed by atoms with E-state index in [4.69, 9.17) is 0 Å². The molecule has 2 aromatic rings. The van der Waals surface area contributed by atoms with Crippen LogP contribution in [-0.4, -0.2) is 38.2 Å². The van der Waals surface area contributed by atoms with Gasteiger partial charge in [-0.25, -0.2) is 8.42 Å². The number of hydrogen-bond donors (Lipinski definition) is 4. The minimum absolute atomic E-state index is 0.0334. The summed E-state index contributed by atoms with van der Waals surface area (Å²) in [6, 6.07) is 11.2. The molecule has 0 radical (unpaired) electrons. The average Bonchev–Trinajstić information content (AvgIpc) is 3.27. The summed E-state index contributed by atoms with van der Waals surface area (Å²) < 4.78 is 27.5. The van der Waals surface area contributed by atoms with E-state index in [9.17, 15) is 22.8 Å². The fourth-order valence-corrected chi connectivity index (χ4v) is 4.77. The Bertz CT molecular complexity index is 1110. The van der Waals surface area contributed by atoms with Crippen molar-refractivity contribution < 1.29 is 22.8 Å². The van der Waals surface area contributed by atoms with Crippen LogP contribution >= 0.6 is 0 Å². The van der Waals surface area contributed by atoms with E-state index in [1.807, 2.05) is 0 Å². The van der Waals surface area contributed by atoms with E-state index < -0.39 is 22.0 Å². The van der Waals surface area contributed by atoms with Gasteiger partial charge >= 0.3 is 0 Å². The molecule has 0 aromatic heterocycles. The van der Waals surface area contributed by atoms with Gasteiger partial charge in [-0.15, -0.1) is 0 Å². The van der Waals surface area contributed by atoms with Crippen molar-refractivity contribution in [3.63, 3.8) is 0 Å². The van der Waals surface area contributed by atoms with Gasteiger partial charge in [-0.1, -0.05) is 12.8 Å². The van der Waals surface area contributed by atoms with Gasteiger partial charge in [0.1, 0.15) is 0 Å². The van der Waals surface area contributed by atoms with Gasteiger partial charge in [-0.3, -0.25) is 14.4 Å². The molecule has 0 heterocycles. The summed E-state index contributed by atoms with van der Waals surface area (Å²) in [6.45, 7) is 2.78. The molecule has 0 saturated heterocycles. The Labute approximate surface area is 193 Å². The van der Waals surface area contributed by atoms with Crippen LogP contribution in [0.15, 0.2) is 53.4 Å². The highest BCUT2D eigenvalue weighted by atomic mass is 32.2. The van der Waals surface area contributed by atoms with Crippen LogP contribution in [0.1, 0.15) is 49.9 Å². The maximum Gasteiger partial charge on any atom is 0.251 e. The minimum Gasteiger partial charge on any atom is -0.349 e. The van der Waals surface area contributed by atoms with E-state index in [0.29, 0.717) is 16.9 Å². The minimum atomic E-state index is -3.95. The fraction of sp³-hybridized carbons (Fsp3) is 0.348. The molecule has 1 aliphatic rings. The Morgan fingerprint density at radius 2 is 1.42 bits per heavy atom. The van der Waals surface area contributed by atoms with Crippen LogP contribution in [0.4, 0.5) is 11.4 Å². The number of rotatable bonds is 8. The highest BCUT2D eigenvalue weighted by molar-refractivity contribution is 7.89. The molecular weight excluding hydrogens is 444 g/mol. The summed E-state index contributed by atoms with van der Waals surface area (Å²) in [5.41, 5.74) is 1.41. The molecule has 1 fully saturated rings. The Morgan fingerprint density at radius 1 is 0.879 bits per heavy atom. The van der Waals surface area contributed by atoms with Crippen molar-refractivity contribution in [3.8, 4) is 0 Å². The Kier molecular flexibility index (Phi) is 7.83. The van der Waals surface area contributed by atoms with Crippen LogP contribution in [-0.2, 0) is 19.6 Å². The lowest BCUT2D eigenvalue weighted by atomic mass is 10.1. The quantitative estimate of drug-likeness (QED) is 0.469. The Morgan fingerprint density at radius 3 is 2.00 bits per heavy atom. The lowest BCUT2D eigenvalue weighted by Crippen LogP contribution is -2.41. The number of amides is 3. The number of carbonyl (C=O) groups excluding carboxylic acids is 3. The molecule has 176 valence electrons. The first-order valence-corrected chi connectivity index (χ1v) is 12.2. The van der Waals surface area contributed by atoms with Crippen LogP contribution in [0.2, 0.25) is 0 Å². The maximum absolute atomic E-state index is 12.6. The average molecular weight is 473 g/mol. The van der Waals surface area contributed by atoms with Gasteiger partial charge in [0.25, 0.3) is 5.91 Å². The van der Waals surface area contributed by atoms with Gasteiger partial charge in [-0.05, 0) is 68.3 Å². The van der Waals surface area contributed by atoms with Crippen LogP contribution in [0.3, 0.4) is 0 Å². The van der Waals surface area contributed by atoms with Crippen molar-refractivity contribution in [3.05, 3.63) is 54.1 Å². The summed E-state index contributed by atoms with van der Waals surface area (Å²) in [7, 11) is -3.95. The van der Waals surface area contributed by atoms with Crippen molar-refractivity contribution in [1.29, 1.82) is 0 Å². The zero-order valence-corrected chi connectivity index (χ0v) is 19.4. The van der Waals surface area contributed by atoms with E-state index in [-0.39, 0.29) is 22.8 Å². The number of anilines is 2. The largest absolute Gasteiger partial charge is 0.349 e. The van der Waals surface area contributed by atoms with Crippen LogP contribution in [0.25, 0.3) is 0 Å². The van der Waals surface area contributed by atoms with Crippen molar-refractivity contribution >= 4 is 39.1 Å². The summed E-state index contributed by atoms with van der Waals surface area (Å²) in [5, 5.41) is 8.20. The third kappa shape index (κ3) is 6.87. The van der Waals surface area contributed by atoms with E-state index >= 15 is 0 Å². The van der Waals surface area contributed by atoms with Gasteiger partial charge in [0.2, 0.25) is 21.8 Å². The molecule has 1 atom stereocenters. The first kappa shape index (κ1) is 24.4. The molecule has 2 aromatic carbocycles. The SMILES string of the molecule is CC(=O)Nc1ccc(S(=O)(=O)N[C@@H](C)C(=O)Nc2ccc(C(=O)NC3CCCC3)cc2)cc1. The molecule has 3 amide bonds. The predicted octanol–water partition coefficient (Wildman–Crippen LogP) is 2.62. The normalized spacial score (nSPS) is 15.0. The number of sulfonamides is 1. The summed E-state index contributed by atoms with van der Waals surface area (Å²) in [5.74, 6) is -0.960. The smallest absolute Gasteiger partial charge is 0.251 e. The second-order valence-corrected chi connectivity index (χ2v) is 9.78. The van der Waals surface area contributed by atoms with Crippen LogP contribution in [0.5, 0.6) is 0 Å². The number of hydrogen-bond acceptors (Lipinski definition) is 5. The zero-order chi connectivity index (χ0) is 24.0. The van der Waals surface area contributed by atoms with Crippen LogP contribution < -0.4 is 20.7 Å².